The summed E-state index contributed by atoms with van der Waals surface area (Å²) < 4.78 is 5.03. The van der Waals surface area contributed by atoms with E-state index in [2.05, 4.69) is 5.32 Å². The number of aliphatic hydroxyl groups is 2. The van der Waals surface area contributed by atoms with Gasteiger partial charge >= 0.3 is 6.09 Å². The lowest BCUT2D eigenvalue weighted by atomic mass is 10.1. The molecule has 0 fully saturated rings. The van der Waals surface area contributed by atoms with Gasteiger partial charge in [0.1, 0.15) is 18.8 Å². The fourth-order valence-corrected chi connectivity index (χ4v) is 2.65. The Morgan fingerprint density at radius 1 is 1.32 bits per heavy atom. The molecule has 0 bridgehead atoms. The maximum absolute atomic E-state index is 11.6. The molecule has 118 valence electrons. The van der Waals surface area contributed by atoms with Crippen LogP contribution in [0, 0.1) is 6.92 Å². The van der Waals surface area contributed by atoms with Crippen molar-refractivity contribution in [3.63, 3.8) is 0 Å². The summed E-state index contributed by atoms with van der Waals surface area (Å²) in [5.41, 5.74) is 1.53. The Morgan fingerprint density at radius 2 is 2.05 bits per heavy atom. The van der Waals surface area contributed by atoms with Crippen LogP contribution in [0.2, 0.25) is 0 Å². The van der Waals surface area contributed by atoms with Crippen molar-refractivity contribution in [3.05, 3.63) is 57.8 Å². The molecule has 6 heteroatoms. The van der Waals surface area contributed by atoms with Crippen LogP contribution in [-0.2, 0) is 11.3 Å². The summed E-state index contributed by atoms with van der Waals surface area (Å²) in [4.78, 5) is 12.6. The van der Waals surface area contributed by atoms with Crippen LogP contribution in [0.3, 0.4) is 0 Å². The van der Waals surface area contributed by atoms with Gasteiger partial charge in [-0.3, -0.25) is 0 Å². The molecular weight excluding hydrogens is 302 g/mol. The Morgan fingerprint density at radius 3 is 2.68 bits per heavy atom. The standard InChI is InChI=1S/C16H19NO4S/c1-11-7-13(10-22-11)15(19)14(18)8-17-16(20)21-9-12-5-3-2-4-6-12/h2-7,10,14-15,18-19H,8-9H2,1H3,(H,17,20). The number of thiophene rings is 1. The van der Waals surface area contributed by atoms with Gasteiger partial charge in [0.05, 0.1) is 0 Å². The van der Waals surface area contributed by atoms with Crippen LogP contribution in [0.15, 0.2) is 41.8 Å². The quantitative estimate of drug-likeness (QED) is 0.763. The van der Waals surface area contributed by atoms with Crippen molar-refractivity contribution in [3.8, 4) is 0 Å². The Balaban J connectivity index is 1.73. The van der Waals surface area contributed by atoms with Crippen molar-refractivity contribution in [1.29, 1.82) is 0 Å². The molecule has 2 unspecified atom stereocenters. The Kier molecular flexibility index (Phi) is 5.94. The van der Waals surface area contributed by atoms with Gasteiger partial charge in [-0.1, -0.05) is 30.3 Å². The number of hydrogen-bond acceptors (Lipinski definition) is 5. The lowest BCUT2D eigenvalue weighted by Gasteiger charge is -2.17. The first-order valence-electron chi connectivity index (χ1n) is 6.92. The van der Waals surface area contributed by atoms with E-state index in [0.717, 1.165) is 10.4 Å². The number of carbonyl (C=O) groups excluding carboxylic acids is 1. The number of ether oxygens (including phenoxy) is 1. The van der Waals surface area contributed by atoms with Crippen LogP contribution < -0.4 is 5.32 Å². The molecule has 1 aromatic heterocycles. The number of aliphatic hydroxyl groups excluding tert-OH is 2. The zero-order valence-electron chi connectivity index (χ0n) is 12.2. The molecule has 0 radical (unpaired) electrons. The fourth-order valence-electron chi connectivity index (χ4n) is 1.91. The molecule has 0 spiro atoms. The van der Waals surface area contributed by atoms with E-state index in [-0.39, 0.29) is 13.2 Å². The molecule has 0 aliphatic rings. The average molecular weight is 321 g/mol. The molecule has 2 atom stereocenters. The summed E-state index contributed by atoms with van der Waals surface area (Å²) in [5, 5.41) is 24.1. The van der Waals surface area contributed by atoms with E-state index in [1.165, 1.54) is 11.3 Å². The maximum Gasteiger partial charge on any atom is 0.407 e. The predicted molar refractivity (Wildman–Crippen MR) is 84.7 cm³/mol. The number of nitrogens with one attached hydrogen (secondary N) is 1. The van der Waals surface area contributed by atoms with Crippen molar-refractivity contribution in [2.24, 2.45) is 0 Å². The Labute approximate surface area is 133 Å². The summed E-state index contributed by atoms with van der Waals surface area (Å²) in [6.45, 7) is 2.01. The van der Waals surface area contributed by atoms with E-state index in [1.807, 2.05) is 43.3 Å². The first-order chi connectivity index (χ1) is 10.6. The normalized spacial score (nSPS) is 13.4. The molecule has 0 saturated carbocycles. The van der Waals surface area contributed by atoms with Crippen LogP contribution >= 0.6 is 11.3 Å². The summed E-state index contributed by atoms with van der Waals surface area (Å²) in [6, 6.07) is 11.1. The zero-order valence-corrected chi connectivity index (χ0v) is 13.0. The largest absolute Gasteiger partial charge is 0.445 e. The van der Waals surface area contributed by atoms with Crippen LogP contribution in [0.25, 0.3) is 0 Å². The third-order valence-corrected chi connectivity index (χ3v) is 4.00. The molecule has 2 rings (SSSR count). The highest BCUT2D eigenvalue weighted by molar-refractivity contribution is 7.10. The molecule has 2 aromatic rings. The monoisotopic (exact) mass is 321 g/mol. The number of benzene rings is 1. The Bertz CT molecular complexity index is 599. The summed E-state index contributed by atoms with van der Waals surface area (Å²) >= 11 is 1.50. The minimum Gasteiger partial charge on any atom is -0.445 e. The highest BCUT2D eigenvalue weighted by Crippen LogP contribution is 2.22. The third kappa shape index (κ3) is 4.84. The lowest BCUT2D eigenvalue weighted by molar-refractivity contribution is 0.0186. The first-order valence-corrected chi connectivity index (χ1v) is 7.80. The number of alkyl carbamates (subject to hydrolysis) is 1. The van der Waals surface area contributed by atoms with Crippen LogP contribution in [0.4, 0.5) is 4.79 Å². The summed E-state index contributed by atoms with van der Waals surface area (Å²) in [6.07, 6.45) is -2.74. The molecule has 5 nitrogen and oxygen atoms in total. The second-order valence-electron chi connectivity index (χ2n) is 4.95. The zero-order chi connectivity index (χ0) is 15.9. The van der Waals surface area contributed by atoms with E-state index >= 15 is 0 Å². The number of aryl methyl sites for hydroxylation is 1. The minimum atomic E-state index is -1.08. The second kappa shape index (κ2) is 7.93. The molecule has 22 heavy (non-hydrogen) atoms. The molecule has 1 aromatic carbocycles. The van der Waals surface area contributed by atoms with Gasteiger partial charge in [-0.05, 0) is 29.5 Å². The van der Waals surface area contributed by atoms with E-state index in [4.69, 9.17) is 4.74 Å². The SMILES string of the molecule is Cc1cc(C(O)C(O)CNC(=O)OCc2ccccc2)cs1. The van der Waals surface area contributed by atoms with E-state index < -0.39 is 18.3 Å². The highest BCUT2D eigenvalue weighted by Gasteiger charge is 2.20. The van der Waals surface area contributed by atoms with Gasteiger partial charge in [0.25, 0.3) is 0 Å². The third-order valence-electron chi connectivity index (χ3n) is 3.13. The first kappa shape index (κ1) is 16.5. The van der Waals surface area contributed by atoms with Gasteiger partial charge in [0, 0.05) is 11.4 Å². The van der Waals surface area contributed by atoms with Gasteiger partial charge in [0.2, 0.25) is 0 Å². The van der Waals surface area contributed by atoms with Crippen molar-refractivity contribution in [2.75, 3.05) is 6.54 Å². The average Bonchev–Trinajstić information content (AvgIpc) is 2.97. The van der Waals surface area contributed by atoms with Crippen molar-refractivity contribution < 1.29 is 19.7 Å². The van der Waals surface area contributed by atoms with E-state index in [1.54, 1.807) is 5.38 Å². The summed E-state index contributed by atoms with van der Waals surface area (Å²) in [5.74, 6) is 0. The Hall–Kier alpha value is -1.89. The molecular formula is C16H19NO4S. The summed E-state index contributed by atoms with van der Waals surface area (Å²) in [7, 11) is 0. The number of rotatable bonds is 6. The number of amides is 1. The van der Waals surface area contributed by atoms with Crippen LogP contribution in [0.5, 0.6) is 0 Å². The van der Waals surface area contributed by atoms with E-state index in [9.17, 15) is 15.0 Å². The smallest absolute Gasteiger partial charge is 0.407 e. The van der Waals surface area contributed by atoms with Gasteiger partial charge in [-0.15, -0.1) is 11.3 Å². The van der Waals surface area contributed by atoms with Crippen molar-refractivity contribution in [1.82, 2.24) is 5.32 Å². The molecule has 0 aliphatic carbocycles. The van der Waals surface area contributed by atoms with E-state index in [0.29, 0.717) is 5.56 Å². The lowest BCUT2D eigenvalue weighted by Crippen LogP contribution is -2.35. The van der Waals surface area contributed by atoms with Crippen molar-refractivity contribution in [2.45, 2.75) is 25.7 Å². The van der Waals surface area contributed by atoms with Gasteiger partial charge in [-0.2, -0.15) is 0 Å². The molecule has 0 saturated heterocycles. The van der Waals surface area contributed by atoms with Crippen LogP contribution in [0.1, 0.15) is 22.1 Å². The predicted octanol–water partition coefficient (Wildman–Crippen LogP) is 2.38. The molecule has 1 heterocycles. The van der Waals surface area contributed by atoms with Gasteiger partial charge < -0.3 is 20.3 Å². The topological polar surface area (TPSA) is 78.8 Å². The second-order valence-corrected chi connectivity index (χ2v) is 6.06. The van der Waals surface area contributed by atoms with Gasteiger partial charge in [0.15, 0.2) is 0 Å². The van der Waals surface area contributed by atoms with Crippen LogP contribution in [-0.4, -0.2) is 29.0 Å². The molecule has 3 N–H and O–H groups in total. The number of carbonyl (C=O) groups is 1. The van der Waals surface area contributed by atoms with Crippen molar-refractivity contribution >= 4 is 17.4 Å². The highest BCUT2D eigenvalue weighted by atomic mass is 32.1. The number of hydrogen-bond donors (Lipinski definition) is 3. The maximum atomic E-state index is 11.6. The fraction of sp³-hybridized carbons (Fsp3) is 0.312. The minimum absolute atomic E-state index is 0.0797. The molecule has 1 amide bonds. The molecule has 0 aliphatic heterocycles. The van der Waals surface area contributed by atoms with Gasteiger partial charge in [-0.25, -0.2) is 4.79 Å².